The highest BCUT2D eigenvalue weighted by atomic mass is 16.5. The minimum absolute atomic E-state index is 0.502. The number of benzene rings is 2. The number of aryl methyl sites for hydroxylation is 1. The Labute approximate surface area is 149 Å². The van der Waals surface area contributed by atoms with E-state index in [2.05, 4.69) is 25.1 Å². The molecule has 4 nitrogen and oxygen atoms in total. The van der Waals surface area contributed by atoms with Crippen LogP contribution in [0.1, 0.15) is 25.8 Å². The molecule has 0 radical (unpaired) electrons. The molecule has 1 aromatic heterocycles. The van der Waals surface area contributed by atoms with Crippen molar-refractivity contribution in [2.45, 2.75) is 33.4 Å². The Morgan fingerprint density at radius 2 is 1.88 bits per heavy atom. The van der Waals surface area contributed by atoms with E-state index in [1.165, 1.54) is 0 Å². The SMILES string of the molecule is CC(C)CCn1cc(-c2ccc(N)c(OCc3ccccc3)c2)cn1. The van der Waals surface area contributed by atoms with Gasteiger partial charge in [-0.3, -0.25) is 4.68 Å². The molecule has 130 valence electrons. The van der Waals surface area contributed by atoms with Gasteiger partial charge in [0.2, 0.25) is 0 Å². The van der Waals surface area contributed by atoms with Crippen LogP contribution in [-0.2, 0) is 13.2 Å². The van der Waals surface area contributed by atoms with Crippen LogP contribution in [0.15, 0.2) is 60.9 Å². The molecule has 0 bridgehead atoms. The highest BCUT2D eigenvalue weighted by Crippen LogP contribution is 2.29. The second-order valence-electron chi connectivity index (χ2n) is 6.70. The Morgan fingerprint density at radius 3 is 2.64 bits per heavy atom. The van der Waals surface area contributed by atoms with Crippen LogP contribution in [0.2, 0.25) is 0 Å². The van der Waals surface area contributed by atoms with Crippen LogP contribution in [0.4, 0.5) is 5.69 Å². The summed E-state index contributed by atoms with van der Waals surface area (Å²) in [5.74, 6) is 1.37. The quantitative estimate of drug-likeness (QED) is 0.634. The standard InChI is InChI=1S/C21H25N3O/c1-16(2)10-11-24-14-19(13-23-24)18-8-9-20(22)21(12-18)25-15-17-6-4-3-5-7-17/h3-9,12-14,16H,10-11,15,22H2,1-2H3. The second-order valence-corrected chi connectivity index (χ2v) is 6.70. The molecule has 0 saturated carbocycles. The van der Waals surface area contributed by atoms with Crippen molar-refractivity contribution in [1.29, 1.82) is 0 Å². The maximum absolute atomic E-state index is 6.07. The molecule has 2 aromatic carbocycles. The van der Waals surface area contributed by atoms with Gasteiger partial charge in [0.1, 0.15) is 12.4 Å². The Hall–Kier alpha value is -2.75. The number of hydrogen-bond donors (Lipinski definition) is 1. The van der Waals surface area contributed by atoms with Crippen LogP contribution in [0, 0.1) is 5.92 Å². The molecule has 0 aliphatic rings. The van der Waals surface area contributed by atoms with E-state index in [9.17, 15) is 0 Å². The molecule has 0 spiro atoms. The first-order chi connectivity index (χ1) is 12.1. The third-order valence-corrected chi connectivity index (χ3v) is 4.15. The minimum atomic E-state index is 0.502. The summed E-state index contributed by atoms with van der Waals surface area (Å²) in [6.45, 7) is 5.88. The largest absolute Gasteiger partial charge is 0.487 e. The van der Waals surface area contributed by atoms with Gasteiger partial charge in [-0.05, 0) is 35.6 Å². The zero-order valence-corrected chi connectivity index (χ0v) is 14.9. The first kappa shape index (κ1) is 17.1. The normalized spacial score (nSPS) is 11.0. The Kier molecular flexibility index (Phi) is 5.39. The predicted molar refractivity (Wildman–Crippen MR) is 102 cm³/mol. The highest BCUT2D eigenvalue weighted by molar-refractivity contribution is 5.68. The van der Waals surface area contributed by atoms with Gasteiger partial charge in [0, 0.05) is 18.3 Å². The molecule has 0 amide bonds. The molecule has 0 aliphatic carbocycles. The summed E-state index contributed by atoms with van der Waals surface area (Å²) in [7, 11) is 0. The van der Waals surface area contributed by atoms with E-state index >= 15 is 0 Å². The van der Waals surface area contributed by atoms with Crippen LogP contribution in [-0.4, -0.2) is 9.78 Å². The summed E-state index contributed by atoms with van der Waals surface area (Å²) in [5, 5.41) is 4.45. The van der Waals surface area contributed by atoms with E-state index in [0.29, 0.717) is 24.0 Å². The third-order valence-electron chi connectivity index (χ3n) is 4.15. The molecule has 3 aromatic rings. The van der Waals surface area contributed by atoms with E-state index in [-0.39, 0.29) is 0 Å². The molecule has 1 heterocycles. The number of nitrogens with two attached hydrogens (primary N) is 1. The summed E-state index contributed by atoms with van der Waals surface area (Å²) < 4.78 is 7.91. The smallest absolute Gasteiger partial charge is 0.143 e. The topological polar surface area (TPSA) is 53.1 Å². The molecule has 4 heteroatoms. The van der Waals surface area contributed by atoms with Crippen molar-refractivity contribution in [3.8, 4) is 16.9 Å². The first-order valence-electron chi connectivity index (χ1n) is 8.71. The molecule has 0 aliphatic heterocycles. The molecule has 0 atom stereocenters. The summed E-state index contributed by atoms with van der Waals surface area (Å²) in [6, 6.07) is 16.0. The molecule has 25 heavy (non-hydrogen) atoms. The van der Waals surface area contributed by atoms with Crippen LogP contribution in [0.3, 0.4) is 0 Å². The number of anilines is 1. The first-order valence-corrected chi connectivity index (χ1v) is 8.71. The van der Waals surface area contributed by atoms with Crippen molar-refractivity contribution in [3.63, 3.8) is 0 Å². The van der Waals surface area contributed by atoms with Crippen LogP contribution >= 0.6 is 0 Å². The summed E-state index contributed by atoms with van der Waals surface area (Å²) in [6.07, 6.45) is 5.09. The maximum Gasteiger partial charge on any atom is 0.143 e. The van der Waals surface area contributed by atoms with Gasteiger partial charge in [-0.2, -0.15) is 5.10 Å². The molecule has 0 saturated heterocycles. The fourth-order valence-corrected chi connectivity index (χ4v) is 2.60. The molecular weight excluding hydrogens is 310 g/mol. The highest BCUT2D eigenvalue weighted by Gasteiger charge is 2.07. The number of nitrogen functional groups attached to an aromatic ring is 1. The zero-order valence-electron chi connectivity index (χ0n) is 14.9. The van der Waals surface area contributed by atoms with Gasteiger partial charge in [0.05, 0.1) is 11.9 Å². The van der Waals surface area contributed by atoms with Gasteiger partial charge in [0.25, 0.3) is 0 Å². The van der Waals surface area contributed by atoms with Crippen LogP contribution in [0.5, 0.6) is 5.75 Å². The van der Waals surface area contributed by atoms with E-state index in [1.54, 1.807) is 0 Å². The number of rotatable bonds is 7. The fourth-order valence-electron chi connectivity index (χ4n) is 2.60. The van der Waals surface area contributed by atoms with Gasteiger partial charge in [-0.25, -0.2) is 0 Å². The number of hydrogen-bond acceptors (Lipinski definition) is 3. The maximum atomic E-state index is 6.07. The van der Waals surface area contributed by atoms with Crippen molar-refractivity contribution < 1.29 is 4.74 Å². The van der Waals surface area contributed by atoms with Crippen molar-refractivity contribution in [3.05, 3.63) is 66.5 Å². The molecule has 0 unspecified atom stereocenters. The van der Waals surface area contributed by atoms with E-state index in [4.69, 9.17) is 10.5 Å². The molecular formula is C21H25N3O. The van der Waals surface area contributed by atoms with Gasteiger partial charge in [-0.15, -0.1) is 0 Å². The van der Waals surface area contributed by atoms with Gasteiger partial charge in [0.15, 0.2) is 0 Å². The summed E-state index contributed by atoms with van der Waals surface area (Å²) >= 11 is 0. The number of ether oxygens (including phenoxy) is 1. The Balaban J connectivity index is 1.72. The zero-order chi connectivity index (χ0) is 17.6. The van der Waals surface area contributed by atoms with Gasteiger partial charge < -0.3 is 10.5 Å². The summed E-state index contributed by atoms with van der Waals surface area (Å²) in [4.78, 5) is 0. The van der Waals surface area contributed by atoms with Gasteiger partial charge in [-0.1, -0.05) is 50.2 Å². The van der Waals surface area contributed by atoms with E-state index < -0.39 is 0 Å². The lowest BCUT2D eigenvalue weighted by atomic mass is 10.1. The third kappa shape index (κ3) is 4.63. The van der Waals surface area contributed by atoms with Crippen molar-refractivity contribution in [2.24, 2.45) is 5.92 Å². The van der Waals surface area contributed by atoms with E-state index in [1.807, 2.05) is 59.4 Å². The lowest BCUT2D eigenvalue weighted by Crippen LogP contribution is -2.01. The van der Waals surface area contributed by atoms with Crippen molar-refractivity contribution in [2.75, 3.05) is 5.73 Å². The fraction of sp³-hybridized carbons (Fsp3) is 0.286. The molecule has 3 rings (SSSR count). The monoisotopic (exact) mass is 335 g/mol. The Morgan fingerprint density at radius 1 is 1.08 bits per heavy atom. The number of nitrogens with zero attached hydrogens (tertiary/aromatic N) is 2. The van der Waals surface area contributed by atoms with Gasteiger partial charge >= 0.3 is 0 Å². The molecule has 0 fully saturated rings. The average molecular weight is 335 g/mol. The summed E-state index contributed by atoms with van der Waals surface area (Å²) in [5.41, 5.74) is 9.98. The van der Waals surface area contributed by atoms with Crippen molar-refractivity contribution in [1.82, 2.24) is 9.78 Å². The minimum Gasteiger partial charge on any atom is -0.487 e. The van der Waals surface area contributed by atoms with Crippen molar-refractivity contribution >= 4 is 5.69 Å². The van der Waals surface area contributed by atoms with E-state index in [0.717, 1.165) is 29.7 Å². The Bertz CT molecular complexity index is 809. The lowest BCUT2D eigenvalue weighted by molar-refractivity contribution is 0.308. The van der Waals surface area contributed by atoms with Crippen LogP contribution in [0.25, 0.3) is 11.1 Å². The predicted octanol–water partition coefficient (Wildman–Crippen LogP) is 4.76. The van der Waals surface area contributed by atoms with Crippen LogP contribution < -0.4 is 10.5 Å². The average Bonchev–Trinajstić information content (AvgIpc) is 3.09. The second kappa shape index (κ2) is 7.88. The molecule has 2 N–H and O–H groups in total. The lowest BCUT2D eigenvalue weighted by Gasteiger charge is -2.10. The number of aromatic nitrogens is 2.